The molecule has 4 rings (SSSR count). The quantitative estimate of drug-likeness (QED) is 0.900. The molecular weight excluding hydrogens is 323 g/mol. The Morgan fingerprint density at radius 3 is 2.76 bits per heavy atom. The number of likely N-dealkylation sites (N-methyl/N-ethyl adjacent to an activating group) is 1. The predicted octanol–water partition coefficient (Wildman–Crippen LogP) is 1.77. The van der Waals surface area contributed by atoms with Crippen LogP contribution in [-0.4, -0.2) is 47.1 Å². The van der Waals surface area contributed by atoms with Gasteiger partial charge in [0.25, 0.3) is 0 Å². The lowest BCUT2D eigenvalue weighted by molar-refractivity contribution is 0.179. The highest BCUT2D eigenvalue weighted by Gasteiger charge is 2.42. The van der Waals surface area contributed by atoms with Crippen LogP contribution in [0.1, 0.15) is 11.1 Å². The van der Waals surface area contributed by atoms with Crippen molar-refractivity contribution in [3.8, 4) is 0 Å². The molecule has 0 atom stereocenters. The average Bonchev–Trinajstić information content (AvgIpc) is 2.53. The van der Waals surface area contributed by atoms with E-state index in [4.69, 9.17) is 5.73 Å². The fourth-order valence-electron chi connectivity index (χ4n) is 3.49. The van der Waals surface area contributed by atoms with Crippen molar-refractivity contribution in [1.82, 2.24) is 14.9 Å². The first-order chi connectivity index (χ1) is 12.0. The molecule has 1 aromatic carbocycles. The number of urea groups is 1. The molecule has 0 unspecified atom stereocenters. The Balaban J connectivity index is 1.82. The van der Waals surface area contributed by atoms with E-state index in [0.29, 0.717) is 17.1 Å². The number of aryl methyl sites for hydroxylation is 1. The van der Waals surface area contributed by atoms with Crippen LogP contribution in [0.3, 0.4) is 0 Å². The van der Waals surface area contributed by atoms with Gasteiger partial charge in [0.15, 0.2) is 0 Å². The molecule has 1 fully saturated rings. The van der Waals surface area contributed by atoms with Crippen molar-refractivity contribution < 1.29 is 9.18 Å². The van der Waals surface area contributed by atoms with E-state index < -0.39 is 5.82 Å². The van der Waals surface area contributed by atoms with Crippen molar-refractivity contribution >= 4 is 23.5 Å². The predicted molar refractivity (Wildman–Crippen MR) is 92.9 cm³/mol. The van der Waals surface area contributed by atoms with E-state index in [2.05, 4.69) is 14.9 Å². The van der Waals surface area contributed by atoms with Crippen LogP contribution in [0.25, 0.3) is 0 Å². The zero-order valence-corrected chi connectivity index (χ0v) is 14.1. The van der Waals surface area contributed by atoms with E-state index >= 15 is 0 Å². The van der Waals surface area contributed by atoms with E-state index in [1.165, 1.54) is 11.0 Å². The monoisotopic (exact) mass is 342 g/mol. The topological polar surface area (TPSA) is 78.6 Å². The summed E-state index contributed by atoms with van der Waals surface area (Å²) in [7, 11) is 1.99. The Bertz CT molecular complexity index is 831. The molecule has 2 aliphatic heterocycles. The number of hydrogen-bond donors (Lipinski definition) is 1. The highest BCUT2D eigenvalue weighted by atomic mass is 19.1. The molecule has 7 nitrogen and oxygen atoms in total. The van der Waals surface area contributed by atoms with Gasteiger partial charge >= 0.3 is 6.03 Å². The van der Waals surface area contributed by atoms with Crippen LogP contribution in [0.2, 0.25) is 0 Å². The molecule has 8 heteroatoms. The SMILES string of the molecule is Cc1cccc(F)c1N1Cc2cnc(N)nc2N(C2CN(C)C2)C1=O. The van der Waals surface area contributed by atoms with Crippen LogP contribution in [-0.2, 0) is 6.54 Å². The van der Waals surface area contributed by atoms with Crippen molar-refractivity contribution in [3.63, 3.8) is 0 Å². The molecular formula is C17H19FN6O. The summed E-state index contributed by atoms with van der Waals surface area (Å²) in [5, 5.41) is 0. The second kappa shape index (κ2) is 5.66. The second-order valence-electron chi connectivity index (χ2n) is 6.60. The van der Waals surface area contributed by atoms with Gasteiger partial charge in [-0.05, 0) is 25.6 Å². The first-order valence-electron chi connectivity index (χ1n) is 8.11. The van der Waals surface area contributed by atoms with Gasteiger partial charge < -0.3 is 10.6 Å². The first-order valence-corrected chi connectivity index (χ1v) is 8.11. The molecule has 2 aliphatic rings. The third-order valence-corrected chi connectivity index (χ3v) is 4.72. The maximum atomic E-state index is 14.5. The first kappa shape index (κ1) is 15.8. The van der Waals surface area contributed by atoms with Crippen LogP contribution in [0, 0.1) is 12.7 Å². The number of para-hydroxylation sites is 1. The Morgan fingerprint density at radius 2 is 2.08 bits per heavy atom. The van der Waals surface area contributed by atoms with Gasteiger partial charge in [0.1, 0.15) is 11.6 Å². The fourth-order valence-corrected chi connectivity index (χ4v) is 3.49. The lowest BCUT2D eigenvalue weighted by Gasteiger charge is -2.47. The normalized spacial score (nSPS) is 18.3. The Hall–Kier alpha value is -2.74. The average molecular weight is 342 g/mol. The maximum absolute atomic E-state index is 14.5. The van der Waals surface area contributed by atoms with Crippen LogP contribution in [0.15, 0.2) is 24.4 Å². The highest BCUT2D eigenvalue weighted by molar-refractivity contribution is 6.06. The number of aromatic nitrogens is 2. The van der Waals surface area contributed by atoms with Crippen LogP contribution in [0.5, 0.6) is 0 Å². The third kappa shape index (κ3) is 2.49. The number of nitrogen functional groups attached to an aromatic ring is 1. The number of nitrogens with zero attached hydrogens (tertiary/aromatic N) is 5. The van der Waals surface area contributed by atoms with E-state index in [9.17, 15) is 9.18 Å². The molecule has 0 radical (unpaired) electrons. The summed E-state index contributed by atoms with van der Waals surface area (Å²) in [5.41, 5.74) is 7.49. The Morgan fingerprint density at radius 1 is 1.32 bits per heavy atom. The van der Waals surface area contributed by atoms with E-state index in [1.54, 1.807) is 30.2 Å². The van der Waals surface area contributed by atoms with E-state index in [0.717, 1.165) is 18.7 Å². The minimum Gasteiger partial charge on any atom is -0.368 e. The molecule has 0 aliphatic carbocycles. The molecule has 1 saturated heterocycles. The van der Waals surface area contributed by atoms with Crippen molar-refractivity contribution in [2.75, 3.05) is 35.7 Å². The fraction of sp³-hybridized carbons (Fsp3) is 0.353. The van der Waals surface area contributed by atoms with Gasteiger partial charge in [-0.15, -0.1) is 0 Å². The molecule has 25 heavy (non-hydrogen) atoms. The Labute approximate surface area is 144 Å². The van der Waals surface area contributed by atoms with E-state index in [1.807, 2.05) is 7.05 Å². The highest BCUT2D eigenvalue weighted by Crippen LogP contribution is 2.35. The third-order valence-electron chi connectivity index (χ3n) is 4.72. The van der Waals surface area contributed by atoms with Gasteiger partial charge in [-0.2, -0.15) is 4.98 Å². The number of anilines is 3. The number of likely N-dealkylation sites (tertiary alicyclic amines) is 1. The van der Waals surface area contributed by atoms with Crippen molar-refractivity contribution in [1.29, 1.82) is 0 Å². The number of carbonyl (C=O) groups is 1. The number of nitrogens with two attached hydrogens (primary N) is 1. The summed E-state index contributed by atoms with van der Waals surface area (Å²) < 4.78 is 14.5. The molecule has 2 N–H and O–H groups in total. The standard InChI is InChI=1S/C17H19FN6O/c1-10-4-3-5-13(18)14(10)23-7-11-6-20-16(19)21-15(11)24(17(23)25)12-8-22(2)9-12/h3-6,12H,7-9H2,1-2H3,(H2,19,20,21). The number of hydrogen-bond acceptors (Lipinski definition) is 5. The number of benzene rings is 1. The molecule has 0 saturated carbocycles. The van der Waals surface area contributed by atoms with Gasteiger partial charge in [0.2, 0.25) is 5.95 Å². The second-order valence-corrected chi connectivity index (χ2v) is 6.60. The zero-order chi connectivity index (χ0) is 17.7. The largest absolute Gasteiger partial charge is 0.368 e. The summed E-state index contributed by atoms with van der Waals surface area (Å²) >= 11 is 0. The lowest BCUT2D eigenvalue weighted by Crippen LogP contribution is -2.63. The Kier molecular flexibility index (Phi) is 3.57. The molecule has 3 heterocycles. The summed E-state index contributed by atoms with van der Waals surface area (Å²) in [4.78, 5) is 26.7. The van der Waals surface area contributed by atoms with Gasteiger partial charge in [0, 0.05) is 24.8 Å². The van der Waals surface area contributed by atoms with Crippen LogP contribution >= 0.6 is 0 Å². The minimum atomic E-state index is -0.418. The van der Waals surface area contributed by atoms with E-state index in [-0.39, 0.29) is 24.6 Å². The van der Waals surface area contributed by atoms with Crippen molar-refractivity contribution in [3.05, 3.63) is 41.3 Å². The molecule has 130 valence electrons. The van der Waals surface area contributed by atoms with Crippen molar-refractivity contribution in [2.24, 2.45) is 0 Å². The van der Waals surface area contributed by atoms with Crippen LogP contribution < -0.4 is 15.5 Å². The molecule has 2 aromatic rings. The summed E-state index contributed by atoms with van der Waals surface area (Å²) in [6.45, 7) is 3.48. The molecule has 2 amide bonds. The van der Waals surface area contributed by atoms with Gasteiger partial charge in [-0.1, -0.05) is 12.1 Å². The minimum absolute atomic E-state index is 0.0135. The number of fused-ring (bicyclic) bond motifs is 1. The smallest absolute Gasteiger partial charge is 0.330 e. The summed E-state index contributed by atoms with van der Waals surface area (Å²) in [6, 6.07) is 4.50. The van der Waals surface area contributed by atoms with Gasteiger partial charge in [-0.25, -0.2) is 14.2 Å². The molecule has 1 aromatic heterocycles. The molecule has 0 bridgehead atoms. The summed E-state index contributed by atoms with van der Waals surface area (Å²) in [6.07, 6.45) is 1.61. The van der Waals surface area contributed by atoms with Crippen LogP contribution in [0.4, 0.5) is 26.6 Å². The zero-order valence-electron chi connectivity index (χ0n) is 14.1. The summed E-state index contributed by atoms with van der Waals surface area (Å²) in [5.74, 6) is 0.236. The van der Waals surface area contributed by atoms with Crippen molar-refractivity contribution in [2.45, 2.75) is 19.5 Å². The maximum Gasteiger partial charge on any atom is 0.330 e. The number of carbonyl (C=O) groups excluding carboxylic acids is 1. The van der Waals surface area contributed by atoms with Gasteiger partial charge in [-0.3, -0.25) is 9.80 Å². The van der Waals surface area contributed by atoms with Gasteiger partial charge in [0.05, 0.1) is 18.3 Å². The number of amides is 2. The number of rotatable bonds is 2. The number of halogens is 1. The lowest BCUT2D eigenvalue weighted by atomic mass is 10.0. The molecule has 0 spiro atoms.